The first-order valence-corrected chi connectivity index (χ1v) is 14.6. The lowest BCUT2D eigenvalue weighted by Crippen LogP contribution is -2.41. The average Bonchev–Trinajstić information content (AvgIpc) is 2.90. The molecule has 4 rings (SSSR count). The number of piperidine rings is 1. The Morgan fingerprint density at radius 1 is 0.897 bits per heavy atom. The fraction of sp³-hybridized carbons (Fsp3) is 0.333. The highest BCUT2D eigenvalue weighted by Crippen LogP contribution is 2.25. The predicted molar refractivity (Wildman–Crippen MR) is 151 cm³/mol. The van der Waals surface area contributed by atoms with Gasteiger partial charge in [-0.1, -0.05) is 51.1 Å². The maximum absolute atomic E-state index is 13.1. The zero-order valence-electron chi connectivity index (χ0n) is 22.4. The molecule has 1 aliphatic heterocycles. The lowest BCUT2D eigenvalue weighted by Gasteiger charge is -2.30. The number of carbonyl (C=O) groups is 2. The van der Waals surface area contributed by atoms with Crippen LogP contribution in [0.1, 0.15) is 55.1 Å². The van der Waals surface area contributed by atoms with Crippen LogP contribution in [-0.4, -0.2) is 37.6 Å². The molecule has 0 atom stereocenters. The van der Waals surface area contributed by atoms with E-state index in [0.717, 1.165) is 5.56 Å². The molecule has 0 radical (unpaired) electrons. The second-order valence-corrected chi connectivity index (χ2v) is 12.9. The van der Waals surface area contributed by atoms with Gasteiger partial charge in [0.1, 0.15) is 5.82 Å². The highest BCUT2D eigenvalue weighted by Gasteiger charge is 2.31. The monoisotopic (exact) mass is 551 g/mol. The van der Waals surface area contributed by atoms with Gasteiger partial charge in [-0.2, -0.15) is 0 Å². The summed E-state index contributed by atoms with van der Waals surface area (Å²) in [6.45, 7) is 6.83. The van der Waals surface area contributed by atoms with Crippen LogP contribution in [0, 0.1) is 11.7 Å². The quantitative estimate of drug-likeness (QED) is 0.402. The van der Waals surface area contributed by atoms with E-state index in [9.17, 15) is 22.4 Å². The van der Waals surface area contributed by atoms with Crippen molar-refractivity contribution in [1.82, 2.24) is 4.31 Å². The molecule has 9 heteroatoms. The highest BCUT2D eigenvalue weighted by molar-refractivity contribution is 7.88. The van der Waals surface area contributed by atoms with Gasteiger partial charge in [0.25, 0.3) is 5.91 Å². The molecular formula is C30H34FN3O4S. The summed E-state index contributed by atoms with van der Waals surface area (Å²) >= 11 is 0. The van der Waals surface area contributed by atoms with Gasteiger partial charge >= 0.3 is 0 Å². The van der Waals surface area contributed by atoms with Gasteiger partial charge in [0, 0.05) is 35.9 Å². The van der Waals surface area contributed by atoms with E-state index in [4.69, 9.17) is 0 Å². The van der Waals surface area contributed by atoms with Crippen LogP contribution in [0.15, 0.2) is 72.8 Å². The second kappa shape index (κ2) is 11.7. The van der Waals surface area contributed by atoms with E-state index in [1.54, 1.807) is 36.4 Å². The minimum atomic E-state index is -3.57. The molecule has 1 aliphatic rings. The van der Waals surface area contributed by atoms with Gasteiger partial charge < -0.3 is 10.6 Å². The third-order valence-corrected chi connectivity index (χ3v) is 8.73. The summed E-state index contributed by atoms with van der Waals surface area (Å²) in [5.74, 6) is -1.38. The van der Waals surface area contributed by atoms with Gasteiger partial charge in [-0.25, -0.2) is 17.1 Å². The van der Waals surface area contributed by atoms with Crippen molar-refractivity contribution in [2.75, 3.05) is 23.7 Å². The zero-order valence-corrected chi connectivity index (χ0v) is 23.2. The second-order valence-electron chi connectivity index (χ2n) is 10.9. The standard InChI is InChI=1S/C30H34FN3O4S/c1-30(2,3)24-11-9-22(10-12-24)28(35)32-26-5-4-6-27(19-26)33-29(36)23-15-17-34(18-16-23)39(37,38)20-21-7-13-25(31)14-8-21/h4-14,19,23H,15-18,20H2,1-3H3,(H,32,35)(H,33,36). The molecule has 3 aromatic carbocycles. The Morgan fingerprint density at radius 2 is 1.49 bits per heavy atom. The van der Waals surface area contributed by atoms with Crippen LogP contribution < -0.4 is 10.6 Å². The van der Waals surface area contributed by atoms with Crippen LogP contribution in [-0.2, 0) is 26.0 Å². The van der Waals surface area contributed by atoms with E-state index in [1.807, 2.05) is 12.1 Å². The van der Waals surface area contributed by atoms with Gasteiger partial charge in [0.2, 0.25) is 15.9 Å². The molecule has 3 aromatic rings. The molecule has 7 nitrogen and oxygen atoms in total. The van der Waals surface area contributed by atoms with Crippen molar-refractivity contribution in [2.45, 2.75) is 44.8 Å². The molecule has 0 aliphatic carbocycles. The molecule has 0 spiro atoms. The molecular weight excluding hydrogens is 517 g/mol. The number of halogens is 1. The summed E-state index contributed by atoms with van der Waals surface area (Å²) in [6, 6.07) is 19.9. The number of anilines is 2. The van der Waals surface area contributed by atoms with Crippen LogP contribution >= 0.6 is 0 Å². The third kappa shape index (κ3) is 7.52. The Balaban J connectivity index is 1.30. The Bertz CT molecular complexity index is 1420. The fourth-order valence-electron chi connectivity index (χ4n) is 4.52. The molecule has 206 valence electrons. The average molecular weight is 552 g/mol. The normalized spacial score (nSPS) is 15.1. The highest BCUT2D eigenvalue weighted by atomic mass is 32.2. The van der Waals surface area contributed by atoms with Gasteiger partial charge in [-0.3, -0.25) is 9.59 Å². The van der Waals surface area contributed by atoms with Crippen molar-refractivity contribution in [3.05, 3.63) is 95.3 Å². The lowest BCUT2D eigenvalue weighted by atomic mass is 9.87. The van der Waals surface area contributed by atoms with E-state index in [1.165, 1.54) is 28.6 Å². The predicted octanol–water partition coefficient (Wildman–Crippen LogP) is 5.56. The summed E-state index contributed by atoms with van der Waals surface area (Å²) in [5.41, 5.74) is 3.30. The summed E-state index contributed by atoms with van der Waals surface area (Å²) in [5, 5.41) is 5.76. The largest absolute Gasteiger partial charge is 0.326 e. The molecule has 0 unspecified atom stereocenters. The SMILES string of the molecule is CC(C)(C)c1ccc(C(=O)Nc2cccc(NC(=O)C3CCN(S(=O)(=O)Cc4ccc(F)cc4)CC3)c2)cc1. The maximum Gasteiger partial charge on any atom is 0.255 e. The topological polar surface area (TPSA) is 95.6 Å². The van der Waals surface area contributed by atoms with E-state index < -0.39 is 15.8 Å². The molecule has 1 fully saturated rings. The molecule has 1 saturated heterocycles. The van der Waals surface area contributed by atoms with Crippen molar-refractivity contribution < 1.29 is 22.4 Å². The first-order valence-electron chi connectivity index (χ1n) is 13.0. The minimum Gasteiger partial charge on any atom is -0.326 e. The summed E-state index contributed by atoms with van der Waals surface area (Å²) in [7, 11) is -3.57. The smallest absolute Gasteiger partial charge is 0.255 e. The number of hydrogen-bond donors (Lipinski definition) is 2. The summed E-state index contributed by atoms with van der Waals surface area (Å²) in [4.78, 5) is 25.6. The van der Waals surface area contributed by atoms with Gasteiger partial charge in [0.05, 0.1) is 5.75 Å². The first kappa shape index (κ1) is 28.4. The van der Waals surface area contributed by atoms with Gasteiger partial charge in [-0.15, -0.1) is 0 Å². The molecule has 0 aromatic heterocycles. The van der Waals surface area contributed by atoms with E-state index in [0.29, 0.717) is 35.3 Å². The molecule has 0 bridgehead atoms. The number of carbonyl (C=O) groups excluding carboxylic acids is 2. The van der Waals surface area contributed by atoms with Gasteiger partial charge in [-0.05, 0) is 71.8 Å². The number of rotatable bonds is 7. The number of amides is 2. The molecule has 2 N–H and O–H groups in total. The van der Waals surface area contributed by atoms with E-state index in [-0.39, 0.29) is 42.0 Å². The van der Waals surface area contributed by atoms with E-state index in [2.05, 4.69) is 31.4 Å². The van der Waals surface area contributed by atoms with Crippen molar-refractivity contribution in [3.63, 3.8) is 0 Å². The van der Waals surface area contributed by atoms with Crippen molar-refractivity contribution >= 4 is 33.2 Å². The van der Waals surface area contributed by atoms with Crippen LogP contribution in [0.2, 0.25) is 0 Å². The number of benzene rings is 3. The number of nitrogens with one attached hydrogen (secondary N) is 2. The van der Waals surface area contributed by atoms with E-state index >= 15 is 0 Å². The number of sulfonamides is 1. The number of nitrogens with zero attached hydrogens (tertiary/aromatic N) is 1. The van der Waals surface area contributed by atoms with Gasteiger partial charge in [0.15, 0.2) is 0 Å². The fourth-order valence-corrected chi connectivity index (χ4v) is 6.09. The molecule has 1 heterocycles. The van der Waals surface area contributed by atoms with Crippen LogP contribution in [0.3, 0.4) is 0 Å². The summed E-state index contributed by atoms with van der Waals surface area (Å²) < 4.78 is 40.1. The Labute approximate surface area is 229 Å². The van der Waals surface area contributed by atoms with Crippen molar-refractivity contribution in [1.29, 1.82) is 0 Å². The minimum absolute atomic E-state index is 0.00356. The third-order valence-electron chi connectivity index (χ3n) is 6.88. The Morgan fingerprint density at radius 3 is 2.08 bits per heavy atom. The van der Waals surface area contributed by atoms with Crippen molar-refractivity contribution in [2.24, 2.45) is 5.92 Å². The van der Waals surface area contributed by atoms with Crippen LogP contribution in [0.4, 0.5) is 15.8 Å². The lowest BCUT2D eigenvalue weighted by molar-refractivity contribution is -0.120. The zero-order chi connectivity index (χ0) is 28.2. The molecule has 0 saturated carbocycles. The number of hydrogen-bond acceptors (Lipinski definition) is 4. The Hall–Kier alpha value is -3.56. The molecule has 2 amide bonds. The van der Waals surface area contributed by atoms with Crippen LogP contribution in [0.5, 0.6) is 0 Å². The summed E-state index contributed by atoms with van der Waals surface area (Å²) in [6.07, 6.45) is 0.797. The van der Waals surface area contributed by atoms with Crippen molar-refractivity contribution in [3.8, 4) is 0 Å². The molecule has 39 heavy (non-hydrogen) atoms. The maximum atomic E-state index is 13.1. The Kier molecular flexibility index (Phi) is 8.51. The van der Waals surface area contributed by atoms with Crippen LogP contribution in [0.25, 0.3) is 0 Å². The first-order chi connectivity index (χ1) is 18.4.